The first-order valence-electron chi connectivity index (χ1n) is 12.4. The highest BCUT2D eigenvalue weighted by atomic mass is 35.5. The van der Waals surface area contributed by atoms with Crippen LogP contribution in [0.5, 0.6) is 0 Å². The summed E-state index contributed by atoms with van der Waals surface area (Å²) in [5.74, 6) is 0.128. The van der Waals surface area contributed by atoms with E-state index in [-0.39, 0.29) is 22.5 Å². The Morgan fingerprint density at radius 2 is 1.25 bits per heavy atom. The average Bonchev–Trinajstić information content (AvgIpc) is 3.25. The predicted molar refractivity (Wildman–Crippen MR) is 130 cm³/mol. The molecular formula is C27H17ClN4. The molecule has 4 nitrogen and oxygen atoms in total. The largest absolute Gasteiger partial charge is 0.309 e. The lowest BCUT2D eigenvalue weighted by molar-refractivity contribution is 1.06. The molecule has 0 aliphatic carbocycles. The molecule has 32 heavy (non-hydrogen) atoms. The summed E-state index contributed by atoms with van der Waals surface area (Å²) in [5.41, 5.74) is 3.32. The van der Waals surface area contributed by atoms with Gasteiger partial charge in [-0.3, -0.25) is 0 Å². The Labute approximate surface area is 196 Å². The molecule has 6 rings (SSSR count). The van der Waals surface area contributed by atoms with Crippen molar-refractivity contribution in [2.24, 2.45) is 0 Å². The maximum atomic E-state index is 8.33. The standard InChI is InChI=1S/C27H17ClN4/c28-27-30-25(18-10-2-1-3-11-18)29-26(31-27)21-14-6-9-17-24(21)32-22-15-7-4-12-19(22)20-13-5-8-16-23(20)32/h1-17H/i1D,2D,3D,10D,11D. The van der Waals surface area contributed by atoms with Crippen LogP contribution in [0.4, 0.5) is 0 Å². The minimum atomic E-state index is -0.490. The molecule has 2 aromatic heterocycles. The van der Waals surface area contributed by atoms with Gasteiger partial charge in [-0.1, -0.05) is 78.7 Å². The van der Waals surface area contributed by atoms with E-state index >= 15 is 0 Å². The van der Waals surface area contributed by atoms with E-state index in [1.807, 2.05) is 60.7 Å². The van der Waals surface area contributed by atoms with E-state index in [0.717, 1.165) is 27.5 Å². The van der Waals surface area contributed by atoms with Gasteiger partial charge < -0.3 is 4.57 Å². The van der Waals surface area contributed by atoms with Gasteiger partial charge in [-0.15, -0.1) is 0 Å². The van der Waals surface area contributed by atoms with Gasteiger partial charge in [-0.25, -0.2) is 4.98 Å². The number of para-hydroxylation sites is 3. The summed E-state index contributed by atoms with van der Waals surface area (Å²) in [7, 11) is 0. The summed E-state index contributed by atoms with van der Waals surface area (Å²) in [6.07, 6.45) is 0. The lowest BCUT2D eigenvalue weighted by Gasteiger charge is -2.13. The summed E-state index contributed by atoms with van der Waals surface area (Å²) < 4.78 is 42.7. The maximum Gasteiger partial charge on any atom is 0.226 e. The molecule has 0 aliphatic heterocycles. The van der Waals surface area contributed by atoms with Crippen LogP contribution in [-0.2, 0) is 0 Å². The summed E-state index contributed by atoms with van der Waals surface area (Å²) in [6, 6.07) is 21.6. The Bertz CT molecular complexity index is 1790. The molecule has 0 saturated carbocycles. The number of aromatic nitrogens is 4. The fourth-order valence-electron chi connectivity index (χ4n) is 3.98. The molecule has 5 heteroatoms. The van der Waals surface area contributed by atoms with Crippen molar-refractivity contribution in [3.05, 3.63) is 108 Å². The smallest absolute Gasteiger partial charge is 0.226 e. The van der Waals surface area contributed by atoms with Gasteiger partial charge >= 0.3 is 0 Å². The normalized spacial score (nSPS) is 13.5. The van der Waals surface area contributed by atoms with Crippen LogP contribution < -0.4 is 0 Å². The zero-order chi connectivity index (χ0) is 25.8. The van der Waals surface area contributed by atoms with Crippen LogP contribution >= 0.6 is 11.6 Å². The van der Waals surface area contributed by atoms with Crippen molar-refractivity contribution < 1.29 is 6.85 Å². The molecule has 0 aliphatic rings. The number of benzene rings is 4. The van der Waals surface area contributed by atoms with Gasteiger partial charge in [0.1, 0.15) is 0 Å². The second-order valence-corrected chi connectivity index (χ2v) is 7.48. The van der Waals surface area contributed by atoms with E-state index in [4.69, 9.17) is 18.5 Å². The predicted octanol–water partition coefficient (Wildman–Crippen LogP) is 6.96. The molecule has 2 heterocycles. The number of rotatable bonds is 3. The third-order valence-electron chi connectivity index (χ3n) is 5.30. The van der Waals surface area contributed by atoms with E-state index in [1.165, 1.54) is 0 Å². The van der Waals surface area contributed by atoms with Crippen molar-refractivity contribution in [3.63, 3.8) is 0 Å². The molecule has 0 saturated heterocycles. The molecule has 0 fully saturated rings. The average molecular weight is 438 g/mol. The van der Waals surface area contributed by atoms with Crippen LogP contribution in [0.25, 0.3) is 50.3 Å². The quantitative estimate of drug-likeness (QED) is 0.300. The third kappa shape index (κ3) is 3.04. The van der Waals surface area contributed by atoms with E-state index in [1.54, 1.807) is 0 Å². The first kappa shape index (κ1) is 14.1. The second kappa shape index (κ2) is 7.59. The SMILES string of the molecule is [2H]c1c([2H])c([2H])c(-c2nc(Cl)nc(-c3ccccc3-n3c4ccccc4c4ccccc43)n2)c([2H])c1[2H]. The van der Waals surface area contributed by atoms with Crippen molar-refractivity contribution in [2.45, 2.75) is 0 Å². The lowest BCUT2D eigenvalue weighted by atomic mass is 10.1. The van der Waals surface area contributed by atoms with Crippen LogP contribution in [0.2, 0.25) is 5.28 Å². The first-order valence-corrected chi connectivity index (χ1v) is 10.3. The van der Waals surface area contributed by atoms with Gasteiger partial charge in [0.05, 0.1) is 23.6 Å². The lowest BCUT2D eigenvalue weighted by Crippen LogP contribution is -2.02. The summed E-state index contributed by atoms with van der Waals surface area (Å²) >= 11 is 6.31. The van der Waals surface area contributed by atoms with Crippen LogP contribution in [0.3, 0.4) is 0 Å². The molecule has 6 aromatic rings. The number of halogens is 1. The molecule has 0 spiro atoms. The fraction of sp³-hybridized carbons (Fsp3) is 0. The Balaban J connectivity index is 1.63. The Morgan fingerprint density at radius 1 is 0.656 bits per heavy atom. The van der Waals surface area contributed by atoms with Gasteiger partial charge in [0.25, 0.3) is 0 Å². The van der Waals surface area contributed by atoms with Crippen molar-refractivity contribution >= 4 is 33.4 Å². The van der Waals surface area contributed by atoms with E-state index < -0.39 is 30.2 Å². The molecule has 0 bridgehead atoms. The second-order valence-electron chi connectivity index (χ2n) is 7.14. The first-order chi connectivity index (χ1) is 17.9. The van der Waals surface area contributed by atoms with Gasteiger partial charge in [0.2, 0.25) is 5.28 Å². The Morgan fingerprint density at radius 3 is 1.97 bits per heavy atom. The maximum absolute atomic E-state index is 8.33. The van der Waals surface area contributed by atoms with Crippen LogP contribution in [-0.4, -0.2) is 19.5 Å². The monoisotopic (exact) mass is 437 g/mol. The van der Waals surface area contributed by atoms with Crippen LogP contribution in [0.1, 0.15) is 6.85 Å². The number of fused-ring (bicyclic) bond motifs is 3. The van der Waals surface area contributed by atoms with Gasteiger partial charge in [-0.05, 0) is 35.9 Å². The van der Waals surface area contributed by atoms with Gasteiger partial charge in [0.15, 0.2) is 11.6 Å². The van der Waals surface area contributed by atoms with Crippen molar-refractivity contribution in [1.82, 2.24) is 19.5 Å². The highest BCUT2D eigenvalue weighted by Crippen LogP contribution is 2.35. The zero-order valence-electron chi connectivity index (χ0n) is 21.6. The van der Waals surface area contributed by atoms with E-state index in [2.05, 4.69) is 31.7 Å². The molecule has 0 radical (unpaired) electrons. The molecular weight excluding hydrogens is 416 g/mol. The molecule has 4 aromatic carbocycles. The number of hydrogen-bond donors (Lipinski definition) is 0. The molecule has 0 unspecified atom stereocenters. The summed E-state index contributed by atoms with van der Waals surface area (Å²) in [5, 5.41) is 2.05. The van der Waals surface area contributed by atoms with Gasteiger partial charge in [0, 0.05) is 21.9 Å². The molecule has 0 atom stereocenters. The summed E-state index contributed by atoms with van der Waals surface area (Å²) in [4.78, 5) is 13.0. The van der Waals surface area contributed by atoms with Crippen LogP contribution in [0.15, 0.2) is 103 Å². The van der Waals surface area contributed by atoms with E-state index in [0.29, 0.717) is 5.56 Å². The Kier molecular flexibility index (Phi) is 3.35. The van der Waals surface area contributed by atoms with Crippen molar-refractivity contribution in [3.8, 4) is 28.5 Å². The topological polar surface area (TPSA) is 43.6 Å². The summed E-state index contributed by atoms with van der Waals surface area (Å²) in [6.45, 7) is 0. The Hall–Kier alpha value is -4.02. The van der Waals surface area contributed by atoms with Crippen LogP contribution in [0, 0.1) is 0 Å². The minimum Gasteiger partial charge on any atom is -0.309 e. The molecule has 0 N–H and O–H groups in total. The molecule has 152 valence electrons. The zero-order valence-corrected chi connectivity index (χ0v) is 17.4. The number of hydrogen-bond acceptors (Lipinski definition) is 3. The third-order valence-corrected chi connectivity index (χ3v) is 5.47. The highest BCUT2D eigenvalue weighted by molar-refractivity contribution is 6.28. The van der Waals surface area contributed by atoms with Crippen molar-refractivity contribution in [2.75, 3.05) is 0 Å². The minimum absolute atomic E-state index is 0.0935. The van der Waals surface area contributed by atoms with Gasteiger partial charge in [-0.2, -0.15) is 9.97 Å². The fourth-order valence-corrected chi connectivity index (χ4v) is 4.14. The van der Waals surface area contributed by atoms with Crippen molar-refractivity contribution in [1.29, 1.82) is 0 Å². The number of nitrogens with zero attached hydrogens (tertiary/aromatic N) is 4. The highest BCUT2D eigenvalue weighted by Gasteiger charge is 2.17. The molecule has 0 amide bonds. The van der Waals surface area contributed by atoms with E-state index in [9.17, 15) is 0 Å².